The van der Waals surface area contributed by atoms with Crippen molar-refractivity contribution in [1.29, 1.82) is 0 Å². The molecule has 1 amide bonds. The summed E-state index contributed by atoms with van der Waals surface area (Å²) in [5.41, 5.74) is 0. The van der Waals surface area contributed by atoms with Crippen LogP contribution in [-0.4, -0.2) is 21.1 Å². The van der Waals surface area contributed by atoms with E-state index in [-0.39, 0.29) is 5.91 Å². The van der Waals surface area contributed by atoms with Gasteiger partial charge in [-0.1, -0.05) is 18.6 Å². The molecule has 0 aliphatic heterocycles. The summed E-state index contributed by atoms with van der Waals surface area (Å²) in [5, 5.41) is 9.73. The molecule has 0 saturated heterocycles. The molecule has 96 valence electrons. The summed E-state index contributed by atoms with van der Waals surface area (Å²) in [7, 11) is 0. The maximum atomic E-state index is 11.8. The van der Waals surface area contributed by atoms with Gasteiger partial charge in [-0.05, 0) is 31.6 Å². The highest BCUT2D eigenvalue weighted by Crippen LogP contribution is 2.34. The van der Waals surface area contributed by atoms with Gasteiger partial charge in [0.1, 0.15) is 5.82 Å². The monoisotopic (exact) mass is 246 g/mol. The van der Waals surface area contributed by atoms with E-state index < -0.39 is 0 Å². The molecule has 3 rings (SSSR count). The minimum Gasteiger partial charge on any atom is -0.293 e. The molecular formula is C13H18N4O. The number of hydrogen-bond donors (Lipinski definition) is 2. The van der Waals surface area contributed by atoms with Crippen LogP contribution in [0, 0.1) is 5.92 Å². The summed E-state index contributed by atoms with van der Waals surface area (Å²) in [5.74, 6) is 2.24. The van der Waals surface area contributed by atoms with Gasteiger partial charge in [-0.2, -0.15) is 4.98 Å². The number of aromatic nitrogens is 3. The van der Waals surface area contributed by atoms with Gasteiger partial charge in [0, 0.05) is 12.3 Å². The van der Waals surface area contributed by atoms with Crippen molar-refractivity contribution in [3.63, 3.8) is 0 Å². The van der Waals surface area contributed by atoms with Crippen LogP contribution < -0.4 is 5.32 Å². The summed E-state index contributed by atoms with van der Waals surface area (Å²) < 4.78 is 0. The molecule has 0 unspecified atom stereocenters. The lowest BCUT2D eigenvalue weighted by Gasteiger charge is -2.22. The summed E-state index contributed by atoms with van der Waals surface area (Å²) in [6.07, 6.45) is 10.6. The molecule has 1 aromatic heterocycles. The molecule has 0 bridgehead atoms. The number of amides is 1. The van der Waals surface area contributed by atoms with Crippen LogP contribution in [0.15, 0.2) is 12.2 Å². The van der Waals surface area contributed by atoms with Crippen LogP contribution >= 0.6 is 0 Å². The minimum absolute atomic E-state index is 0.00529. The molecule has 0 spiro atoms. The Hall–Kier alpha value is -1.65. The zero-order chi connectivity index (χ0) is 12.4. The standard InChI is InChI=1S/C13H18N4O/c18-11(8-9-4-1-2-5-9)14-13-15-12(16-17-13)10-6-3-7-10/h1,4,9-10H,2-3,5-8H2,(H2,14,15,16,17,18)/t9-/m0/s1. The second-order valence-electron chi connectivity index (χ2n) is 5.19. The molecule has 5 nitrogen and oxygen atoms in total. The molecule has 2 N–H and O–H groups in total. The quantitative estimate of drug-likeness (QED) is 0.801. The number of carbonyl (C=O) groups excluding carboxylic acids is 1. The third-order valence-corrected chi connectivity index (χ3v) is 3.81. The molecule has 1 aromatic rings. The Labute approximate surface area is 106 Å². The number of rotatable bonds is 4. The maximum Gasteiger partial charge on any atom is 0.248 e. The third kappa shape index (κ3) is 2.44. The predicted molar refractivity (Wildman–Crippen MR) is 68.1 cm³/mol. The van der Waals surface area contributed by atoms with E-state index in [0.29, 0.717) is 24.2 Å². The molecular weight excluding hydrogens is 228 g/mol. The van der Waals surface area contributed by atoms with E-state index in [4.69, 9.17) is 0 Å². The molecule has 5 heteroatoms. The number of nitrogens with zero attached hydrogens (tertiary/aromatic N) is 2. The molecule has 2 aliphatic carbocycles. The first-order valence-electron chi connectivity index (χ1n) is 6.70. The Morgan fingerprint density at radius 2 is 2.33 bits per heavy atom. The van der Waals surface area contributed by atoms with Gasteiger partial charge in [-0.3, -0.25) is 15.2 Å². The Balaban J connectivity index is 1.53. The summed E-state index contributed by atoms with van der Waals surface area (Å²) in [4.78, 5) is 16.1. The van der Waals surface area contributed by atoms with Crippen molar-refractivity contribution in [2.75, 3.05) is 5.32 Å². The SMILES string of the molecule is O=C(C[C@H]1C=CCC1)Nc1n[nH]c(C2CCC2)n1. The number of carbonyl (C=O) groups is 1. The normalized spacial score (nSPS) is 23.0. The van der Waals surface area contributed by atoms with Gasteiger partial charge in [-0.25, -0.2) is 0 Å². The van der Waals surface area contributed by atoms with Crippen LogP contribution in [0.4, 0.5) is 5.95 Å². The van der Waals surface area contributed by atoms with Crippen molar-refractivity contribution >= 4 is 11.9 Å². The molecule has 0 radical (unpaired) electrons. The lowest BCUT2D eigenvalue weighted by molar-refractivity contribution is -0.116. The number of H-pyrrole nitrogens is 1. The Morgan fingerprint density at radius 3 is 3.00 bits per heavy atom. The first-order chi connectivity index (χ1) is 8.81. The second-order valence-corrected chi connectivity index (χ2v) is 5.19. The molecule has 2 aliphatic rings. The second kappa shape index (κ2) is 4.92. The van der Waals surface area contributed by atoms with Crippen molar-refractivity contribution in [1.82, 2.24) is 15.2 Å². The third-order valence-electron chi connectivity index (χ3n) is 3.81. The highest BCUT2D eigenvalue weighted by atomic mass is 16.1. The summed E-state index contributed by atoms with van der Waals surface area (Å²) in [6.45, 7) is 0. The molecule has 1 saturated carbocycles. The fourth-order valence-corrected chi connectivity index (χ4v) is 2.47. The Bertz CT molecular complexity index is 461. The van der Waals surface area contributed by atoms with Gasteiger partial charge in [0.15, 0.2) is 0 Å². The number of allylic oxidation sites excluding steroid dienone is 2. The van der Waals surface area contributed by atoms with Crippen LogP contribution in [0.2, 0.25) is 0 Å². The Morgan fingerprint density at radius 1 is 1.44 bits per heavy atom. The lowest BCUT2D eigenvalue weighted by Crippen LogP contribution is -2.16. The van der Waals surface area contributed by atoms with Crippen LogP contribution in [0.5, 0.6) is 0 Å². The van der Waals surface area contributed by atoms with E-state index in [1.807, 2.05) is 0 Å². The maximum absolute atomic E-state index is 11.8. The van der Waals surface area contributed by atoms with E-state index in [1.54, 1.807) is 0 Å². The highest BCUT2D eigenvalue weighted by molar-refractivity contribution is 5.89. The van der Waals surface area contributed by atoms with Crippen LogP contribution in [-0.2, 0) is 4.79 Å². The number of anilines is 1. The molecule has 0 aromatic carbocycles. The number of aromatic amines is 1. The smallest absolute Gasteiger partial charge is 0.248 e. The lowest BCUT2D eigenvalue weighted by atomic mass is 9.85. The topological polar surface area (TPSA) is 70.7 Å². The zero-order valence-electron chi connectivity index (χ0n) is 10.4. The largest absolute Gasteiger partial charge is 0.293 e. The van der Waals surface area contributed by atoms with Gasteiger partial charge in [0.25, 0.3) is 0 Å². The van der Waals surface area contributed by atoms with Crippen LogP contribution in [0.1, 0.15) is 50.3 Å². The minimum atomic E-state index is 0.00529. The molecule has 1 atom stereocenters. The fraction of sp³-hybridized carbons (Fsp3) is 0.615. The molecule has 1 fully saturated rings. The number of nitrogens with one attached hydrogen (secondary N) is 2. The van der Waals surface area contributed by atoms with Crippen molar-refractivity contribution in [2.24, 2.45) is 5.92 Å². The summed E-state index contributed by atoms with van der Waals surface area (Å²) in [6, 6.07) is 0. The van der Waals surface area contributed by atoms with Gasteiger partial charge < -0.3 is 0 Å². The van der Waals surface area contributed by atoms with Crippen molar-refractivity contribution < 1.29 is 4.79 Å². The van der Waals surface area contributed by atoms with Crippen LogP contribution in [0.25, 0.3) is 0 Å². The van der Waals surface area contributed by atoms with Crippen LogP contribution in [0.3, 0.4) is 0 Å². The van der Waals surface area contributed by atoms with E-state index in [0.717, 1.165) is 18.7 Å². The number of hydrogen-bond acceptors (Lipinski definition) is 3. The molecule has 1 heterocycles. The van der Waals surface area contributed by atoms with E-state index in [9.17, 15) is 4.79 Å². The zero-order valence-corrected chi connectivity index (χ0v) is 10.4. The predicted octanol–water partition coefficient (Wildman–Crippen LogP) is 2.37. The first-order valence-corrected chi connectivity index (χ1v) is 6.70. The van der Waals surface area contributed by atoms with E-state index >= 15 is 0 Å². The summed E-state index contributed by atoms with van der Waals surface area (Å²) >= 11 is 0. The van der Waals surface area contributed by atoms with Gasteiger partial charge in [0.05, 0.1) is 0 Å². The van der Waals surface area contributed by atoms with Gasteiger partial charge >= 0.3 is 0 Å². The average Bonchev–Trinajstić information content (AvgIpc) is 2.88. The van der Waals surface area contributed by atoms with Gasteiger partial charge in [-0.15, -0.1) is 5.10 Å². The fourth-order valence-electron chi connectivity index (χ4n) is 2.47. The van der Waals surface area contributed by atoms with Crippen molar-refractivity contribution in [3.8, 4) is 0 Å². The molecule has 18 heavy (non-hydrogen) atoms. The van der Waals surface area contributed by atoms with Gasteiger partial charge in [0.2, 0.25) is 11.9 Å². The van der Waals surface area contributed by atoms with Crippen molar-refractivity contribution in [3.05, 3.63) is 18.0 Å². The van der Waals surface area contributed by atoms with E-state index in [2.05, 4.69) is 32.7 Å². The first kappa shape index (κ1) is 11.4. The van der Waals surface area contributed by atoms with E-state index in [1.165, 1.54) is 19.3 Å². The highest BCUT2D eigenvalue weighted by Gasteiger charge is 2.23. The average molecular weight is 246 g/mol. The van der Waals surface area contributed by atoms with Crippen molar-refractivity contribution in [2.45, 2.75) is 44.4 Å². The Kier molecular flexibility index (Phi) is 3.13.